The Morgan fingerprint density at radius 3 is 2.38 bits per heavy atom. The van der Waals surface area contributed by atoms with Gasteiger partial charge in [0, 0.05) is 19.0 Å². The first-order chi connectivity index (χ1) is 12.5. The molecule has 0 atom stereocenters. The second kappa shape index (κ2) is 8.06. The third-order valence-electron chi connectivity index (χ3n) is 5.85. The van der Waals surface area contributed by atoms with Gasteiger partial charge in [-0.2, -0.15) is 5.10 Å². The van der Waals surface area contributed by atoms with E-state index in [1.54, 1.807) is 4.90 Å². The monoisotopic (exact) mass is 358 g/mol. The van der Waals surface area contributed by atoms with Crippen LogP contribution in [0.3, 0.4) is 0 Å². The number of carbonyl (C=O) groups excluding carboxylic acids is 2. The van der Waals surface area contributed by atoms with Crippen molar-refractivity contribution in [2.45, 2.75) is 64.8 Å². The zero-order valence-electron chi connectivity index (χ0n) is 16.0. The molecule has 0 bridgehead atoms. The standard InChI is InChI=1S/C20H30N4O2/c1-4-18(25)23-12-10-16(11-13-23)20(26)21-19-14(2)22-24(15(19)3)17-8-6-5-7-9-17/h4,16-17H,1,5-13H2,2-3H3,(H,21,26). The average molecular weight is 358 g/mol. The lowest BCUT2D eigenvalue weighted by Crippen LogP contribution is -2.40. The van der Waals surface area contributed by atoms with E-state index in [1.165, 1.54) is 38.2 Å². The first-order valence-corrected chi connectivity index (χ1v) is 9.79. The molecule has 1 N–H and O–H groups in total. The SMILES string of the molecule is C=CC(=O)N1CCC(C(=O)Nc2c(C)nn(C3CCCCC3)c2C)CC1. The van der Waals surface area contributed by atoms with Crippen molar-refractivity contribution < 1.29 is 9.59 Å². The highest BCUT2D eigenvalue weighted by Crippen LogP contribution is 2.32. The highest BCUT2D eigenvalue weighted by molar-refractivity contribution is 5.94. The van der Waals surface area contributed by atoms with Crippen molar-refractivity contribution in [1.29, 1.82) is 0 Å². The number of rotatable bonds is 4. The molecule has 1 saturated carbocycles. The topological polar surface area (TPSA) is 67.2 Å². The maximum absolute atomic E-state index is 12.7. The first kappa shape index (κ1) is 18.7. The number of aryl methyl sites for hydroxylation is 1. The van der Waals surface area contributed by atoms with Gasteiger partial charge in [0.1, 0.15) is 0 Å². The van der Waals surface area contributed by atoms with Crippen LogP contribution < -0.4 is 5.32 Å². The van der Waals surface area contributed by atoms with Crippen LogP contribution >= 0.6 is 0 Å². The molecule has 0 spiro atoms. The van der Waals surface area contributed by atoms with E-state index in [1.807, 2.05) is 6.92 Å². The fourth-order valence-electron chi connectivity index (χ4n) is 4.24. The fraction of sp³-hybridized carbons (Fsp3) is 0.650. The summed E-state index contributed by atoms with van der Waals surface area (Å²) in [5, 5.41) is 7.84. The van der Waals surface area contributed by atoms with E-state index >= 15 is 0 Å². The summed E-state index contributed by atoms with van der Waals surface area (Å²) in [6.45, 7) is 8.77. The molecule has 3 rings (SSSR count). The molecule has 1 saturated heterocycles. The van der Waals surface area contributed by atoms with Crippen LogP contribution in [0.5, 0.6) is 0 Å². The maximum atomic E-state index is 12.7. The molecule has 0 radical (unpaired) electrons. The predicted octanol–water partition coefficient (Wildman–Crippen LogP) is 3.37. The summed E-state index contributed by atoms with van der Waals surface area (Å²) in [6, 6.07) is 0.459. The molecule has 6 nitrogen and oxygen atoms in total. The highest BCUT2D eigenvalue weighted by atomic mass is 16.2. The van der Waals surface area contributed by atoms with Gasteiger partial charge in [-0.15, -0.1) is 0 Å². The Balaban J connectivity index is 1.64. The number of carbonyl (C=O) groups is 2. The molecule has 0 unspecified atom stereocenters. The number of amides is 2. The molecule has 142 valence electrons. The minimum Gasteiger partial charge on any atom is -0.339 e. The molecular weight excluding hydrogens is 328 g/mol. The molecule has 2 heterocycles. The van der Waals surface area contributed by atoms with Gasteiger partial charge in [-0.1, -0.05) is 25.8 Å². The van der Waals surface area contributed by atoms with E-state index in [-0.39, 0.29) is 17.7 Å². The number of aromatic nitrogens is 2. The lowest BCUT2D eigenvalue weighted by molar-refractivity contribution is -0.130. The van der Waals surface area contributed by atoms with Crippen molar-refractivity contribution in [3.8, 4) is 0 Å². The smallest absolute Gasteiger partial charge is 0.245 e. The van der Waals surface area contributed by atoms with E-state index in [2.05, 4.69) is 23.5 Å². The summed E-state index contributed by atoms with van der Waals surface area (Å²) in [4.78, 5) is 26.2. The minimum atomic E-state index is -0.0549. The summed E-state index contributed by atoms with van der Waals surface area (Å²) in [5.74, 6) is -0.0601. The van der Waals surface area contributed by atoms with E-state index in [9.17, 15) is 9.59 Å². The van der Waals surface area contributed by atoms with Gasteiger partial charge in [-0.25, -0.2) is 0 Å². The highest BCUT2D eigenvalue weighted by Gasteiger charge is 2.28. The molecule has 1 aromatic rings. The van der Waals surface area contributed by atoms with E-state index in [4.69, 9.17) is 5.10 Å². The number of hydrogen-bond acceptors (Lipinski definition) is 3. The Morgan fingerprint density at radius 1 is 1.12 bits per heavy atom. The average Bonchev–Trinajstić information content (AvgIpc) is 2.96. The van der Waals surface area contributed by atoms with Crippen LogP contribution in [0.1, 0.15) is 62.4 Å². The molecule has 2 fully saturated rings. The molecule has 1 aliphatic heterocycles. The van der Waals surface area contributed by atoms with E-state index < -0.39 is 0 Å². The Hall–Kier alpha value is -2.11. The normalized spacial score (nSPS) is 19.4. The van der Waals surface area contributed by atoms with Crippen molar-refractivity contribution in [3.05, 3.63) is 24.0 Å². The quantitative estimate of drug-likeness (QED) is 0.839. The fourth-order valence-corrected chi connectivity index (χ4v) is 4.24. The van der Waals surface area contributed by atoms with Crippen LogP contribution in [0, 0.1) is 19.8 Å². The van der Waals surface area contributed by atoms with Crippen molar-refractivity contribution in [1.82, 2.24) is 14.7 Å². The van der Waals surface area contributed by atoms with Crippen LogP contribution in [-0.4, -0.2) is 39.6 Å². The predicted molar refractivity (Wildman–Crippen MR) is 102 cm³/mol. The third-order valence-corrected chi connectivity index (χ3v) is 5.85. The number of anilines is 1. The van der Waals surface area contributed by atoms with Crippen LogP contribution in [0.15, 0.2) is 12.7 Å². The molecule has 2 aliphatic rings. The summed E-state index contributed by atoms with van der Waals surface area (Å²) >= 11 is 0. The van der Waals surface area contributed by atoms with Gasteiger partial charge < -0.3 is 10.2 Å². The van der Waals surface area contributed by atoms with Gasteiger partial charge in [0.2, 0.25) is 11.8 Å². The molecule has 1 aromatic heterocycles. The Morgan fingerprint density at radius 2 is 1.77 bits per heavy atom. The van der Waals surface area contributed by atoms with Gasteiger partial charge in [0.15, 0.2) is 0 Å². The van der Waals surface area contributed by atoms with Gasteiger partial charge in [-0.05, 0) is 45.6 Å². The van der Waals surface area contributed by atoms with Crippen molar-refractivity contribution >= 4 is 17.5 Å². The zero-order valence-corrected chi connectivity index (χ0v) is 16.0. The summed E-state index contributed by atoms with van der Waals surface area (Å²) in [5.41, 5.74) is 2.81. The second-order valence-corrected chi connectivity index (χ2v) is 7.58. The Bertz CT molecular complexity index is 680. The second-order valence-electron chi connectivity index (χ2n) is 7.58. The molecule has 26 heavy (non-hydrogen) atoms. The van der Waals surface area contributed by atoms with E-state index in [0.717, 1.165) is 17.1 Å². The number of likely N-dealkylation sites (tertiary alicyclic amines) is 1. The Labute approximate surface area is 155 Å². The molecule has 6 heteroatoms. The van der Waals surface area contributed by atoms with E-state index in [0.29, 0.717) is 32.0 Å². The molecule has 2 amide bonds. The molecule has 0 aromatic carbocycles. The minimum absolute atomic E-state index is 0.0464. The number of nitrogens with one attached hydrogen (secondary N) is 1. The summed E-state index contributed by atoms with van der Waals surface area (Å²) in [6.07, 6.45) is 8.90. The number of nitrogens with zero attached hydrogens (tertiary/aromatic N) is 3. The van der Waals surface area contributed by atoms with Crippen LogP contribution in [0.25, 0.3) is 0 Å². The summed E-state index contributed by atoms with van der Waals surface area (Å²) < 4.78 is 2.12. The van der Waals surface area contributed by atoms with Gasteiger partial charge in [0.25, 0.3) is 0 Å². The first-order valence-electron chi connectivity index (χ1n) is 9.79. The number of piperidine rings is 1. The van der Waals surface area contributed by atoms with Crippen LogP contribution in [-0.2, 0) is 9.59 Å². The zero-order chi connectivity index (χ0) is 18.7. The van der Waals surface area contributed by atoms with Gasteiger partial charge in [0.05, 0.1) is 23.1 Å². The van der Waals surface area contributed by atoms with Gasteiger partial charge in [-0.3, -0.25) is 14.3 Å². The lowest BCUT2D eigenvalue weighted by atomic mass is 9.95. The molecule has 1 aliphatic carbocycles. The maximum Gasteiger partial charge on any atom is 0.245 e. The van der Waals surface area contributed by atoms with Crippen LogP contribution in [0.4, 0.5) is 5.69 Å². The van der Waals surface area contributed by atoms with Crippen molar-refractivity contribution in [2.75, 3.05) is 18.4 Å². The van der Waals surface area contributed by atoms with Gasteiger partial charge >= 0.3 is 0 Å². The summed E-state index contributed by atoms with van der Waals surface area (Å²) in [7, 11) is 0. The lowest BCUT2D eigenvalue weighted by Gasteiger charge is -2.30. The Kier molecular flexibility index (Phi) is 5.79. The third kappa shape index (κ3) is 3.84. The van der Waals surface area contributed by atoms with Crippen molar-refractivity contribution in [3.63, 3.8) is 0 Å². The largest absolute Gasteiger partial charge is 0.339 e. The van der Waals surface area contributed by atoms with Crippen LogP contribution in [0.2, 0.25) is 0 Å². The number of hydrogen-bond donors (Lipinski definition) is 1. The van der Waals surface area contributed by atoms with Crippen molar-refractivity contribution in [2.24, 2.45) is 5.92 Å². The molecular formula is C20H30N4O2.